The molecule has 0 unspecified atom stereocenters. The van der Waals surface area contributed by atoms with Gasteiger partial charge in [-0.2, -0.15) is 5.26 Å². The zero-order valence-electron chi connectivity index (χ0n) is 15.5. The van der Waals surface area contributed by atoms with Crippen molar-refractivity contribution in [2.24, 2.45) is 0 Å². The average Bonchev–Trinajstić information content (AvgIpc) is 2.69. The van der Waals surface area contributed by atoms with Gasteiger partial charge in [0.2, 0.25) is 5.91 Å². The van der Waals surface area contributed by atoms with Gasteiger partial charge in [-0.15, -0.1) is 0 Å². The normalized spacial score (nSPS) is 15.5. The van der Waals surface area contributed by atoms with Crippen molar-refractivity contribution in [1.82, 2.24) is 9.80 Å². The first-order valence-corrected chi connectivity index (χ1v) is 9.07. The molecule has 1 saturated heterocycles. The summed E-state index contributed by atoms with van der Waals surface area (Å²) >= 11 is 0. The van der Waals surface area contributed by atoms with Crippen molar-refractivity contribution >= 4 is 5.91 Å². The van der Waals surface area contributed by atoms with E-state index in [9.17, 15) is 4.79 Å². The molecule has 1 fully saturated rings. The second-order valence-electron chi connectivity index (χ2n) is 7.37. The highest BCUT2D eigenvalue weighted by Crippen LogP contribution is 2.26. The summed E-state index contributed by atoms with van der Waals surface area (Å²) in [4.78, 5) is 17.4. The molecule has 3 rings (SSSR count). The maximum atomic E-state index is 13.0. The lowest BCUT2D eigenvalue weighted by Gasteiger charge is -2.38. The maximum Gasteiger partial charge on any atom is 0.232 e. The SMILES string of the molecule is CC(C)(C(=O)N1CCN(Cc2ccc(C#N)cc2)CC1)c1ccccc1. The topological polar surface area (TPSA) is 47.3 Å². The van der Waals surface area contributed by atoms with Gasteiger partial charge < -0.3 is 4.90 Å². The van der Waals surface area contributed by atoms with Gasteiger partial charge >= 0.3 is 0 Å². The second-order valence-corrected chi connectivity index (χ2v) is 7.37. The Balaban J connectivity index is 1.57. The van der Waals surface area contributed by atoms with E-state index in [-0.39, 0.29) is 5.91 Å². The van der Waals surface area contributed by atoms with Crippen LogP contribution in [-0.2, 0) is 16.8 Å². The molecule has 4 heteroatoms. The fourth-order valence-corrected chi connectivity index (χ4v) is 3.43. The van der Waals surface area contributed by atoms with Gasteiger partial charge in [0.25, 0.3) is 0 Å². The molecule has 1 aliphatic rings. The molecule has 4 nitrogen and oxygen atoms in total. The van der Waals surface area contributed by atoms with E-state index < -0.39 is 5.41 Å². The lowest BCUT2D eigenvalue weighted by Crippen LogP contribution is -2.52. The number of amides is 1. The van der Waals surface area contributed by atoms with Crippen LogP contribution in [0.4, 0.5) is 0 Å². The minimum Gasteiger partial charge on any atom is -0.339 e. The molecule has 0 radical (unpaired) electrons. The van der Waals surface area contributed by atoms with E-state index in [2.05, 4.69) is 11.0 Å². The van der Waals surface area contributed by atoms with Gasteiger partial charge in [0.15, 0.2) is 0 Å². The first-order chi connectivity index (χ1) is 12.5. The van der Waals surface area contributed by atoms with Crippen LogP contribution >= 0.6 is 0 Å². The van der Waals surface area contributed by atoms with E-state index in [0.717, 1.165) is 38.3 Å². The molecule has 0 aromatic heterocycles. The zero-order valence-corrected chi connectivity index (χ0v) is 15.5. The molecule has 0 bridgehead atoms. The van der Waals surface area contributed by atoms with Crippen molar-refractivity contribution in [1.29, 1.82) is 5.26 Å². The Morgan fingerprint density at radius 2 is 1.62 bits per heavy atom. The van der Waals surface area contributed by atoms with Crippen molar-refractivity contribution in [3.8, 4) is 6.07 Å². The third-order valence-electron chi connectivity index (χ3n) is 5.18. The van der Waals surface area contributed by atoms with E-state index in [1.165, 1.54) is 5.56 Å². The summed E-state index contributed by atoms with van der Waals surface area (Å²) in [6, 6.07) is 19.9. The van der Waals surface area contributed by atoms with E-state index in [1.807, 2.05) is 73.3 Å². The van der Waals surface area contributed by atoms with Crippen molar-refractivity contribution < 1.29 is 4.79 Å². The lowest BCUT2D eigenvalue weighted by molar-refractivity contribution is -0.138. The summed E-state index contributed by atoms with van der Waals surface area (Å²) in [5.74, 6) is 0.196. The molecule has 2 aromatic carbocycles. The van der Waals surface area contributed by atoms with Gasteiger partial charge in [-0.3, -0.25) is 9.69 Å². The third-order valence-corrected chi connectivity index (χ3v) is 5.18. The first-order valence-electron chi connectivity index (χ1n) is 9.07. The summed E-state index contributed by atoms with van der Waals surface area (Å²) < 4.78 is 0. The van der Waals surface area contributed by atoms with Crippen LogP contribution in [0.1, 0.15) is 30.5 Å². The standard InChI is InChI=1S/C22H25N3O/c1-22(2,20-6-4-3-5-7-20)21(26)25-14-12-24(13-15-25)17-19-10-8-18(16-23)9-11-19/h3-11H,12-15,17H2,1-2H3. The van der Waals surface area contributed by atoms with Crippen molar-refractivity contribution in [3.05, 3.63) is 71.3 Å². The van der Waals surface area contributed by atoms with Crippen molar-refractivity contribution in [3.63, 3.8) is 0 Å². The van der Waals surface area contributed by atoms with Crippen LogP contribution in [0.25, 0.3) is 0 Å². The number of piperazine rings is 1. The molecular formula is C22H25N3O. The fourth-order valence-electron chi connectivity index (χ4n) is 3.43. The van der Waals surface area contributed by atoms with Crippen LogP contribution in [0.5, 0.6) is 0 Å². The molecule has 0 N–H and O–H groups in total. The Kier molecular flexibility index (Phi) is 5.39. The lowest BCUT2D eigenvalue weighted by atomic mass is 9.83. The third kappa shape index (κ3) is 3.95. The molecule has 134 valence electrons. The molecule has 26 heavy (non-hydrogen) atoms. The predicted octanol–water partition coefficient (Wildman–Crippen LogP) is 3.18. The number of hydrogen-bond donors (Lipinski definition) is 0. The largest absolute Gasteiger partial charge is 0.339 e. The second kappa shape index (κ2) is 7.72. The molecule has 0 aliphatic carbocycles. The van der Waals surface area contributed by atoms with E-state index in [4.69, 9.17) is 5.26 Å². The van der Waals surface area contributed by atoms with Gasteiger partial charge in [0.1, 0.15) is 0 Å². The van der Waals surface area contributed by atoms with Gasteiger partial charge in [-0.1, -0.05) is 42.5 Å². The summed E-state index contributed by atoms with van der Waals surface area (Å²) in [6.07, 6.45) is 0. The van der Waals surface area contributed by atoms with Crippen molar-refractivity contribution in [2.75, 3.05) is 26.2 Å². The van der Waals surface area contributed by atoms with E-state index >= 15 is 0 Å². The summed E-state index contributed by atoms with van der Waals surface area (Å²) in [6.45, 7) is 8.13. The van der Waals surface area contributed by atoms with Crippen molar-refractivity contribution in [2.45, 2.75) is 25.8 Å². The van der Waals surface area contributed by atoms with Gasteiger partial charge in [-0.05, 0) is 37.1 Å². The molecule has 1 heterocycles. The smallest absolute Gasteiger partial charge is 0.232 e. The minimum absolute atomic E-state index is 0.196. The highest BCUT2D eigenvalue weighted by Gasteiger charge is 2.34. The summed E-state index contributed by atoms with van der Waals surface area (Å²) in [5, 5.41) is 8.88. The quantitative estimate of drug-likeness (QED) is 0.853. The molecule has 0 atom stereocenters. The Labute approximate surface area is 155 Å². The van der Waals surface area contributed by atoms with Gasteiger partial charge in [-0.25, -0.2) is 0 Å². The number of hydrogen-bond acceptors (Lipinski definition) is 3. The Morgan fingerprint density at radius 1 is 1.00 bits per heavy atom. The first kappa shape index (κ1) is 18.2. The van der Waals surface area contributed by atoms with Crippen LogP contribution in [0, 0.1) is 11.3 Å². The Bertz CT molecular complexity index is 782. The van der Waals surface area contributed by atoms with Crippen LogP contribution in [0.3, 0.4) is 0 Å². The highest BCUT2D eigenvalue weighted by molar-refractivity contribution is 5.87. The number of nitriles is 1. The maximum absolute atomic E-state index is 13.0. The average molecular weight is 347 g/mol. The Morgan fingerprint density at radius 3 is 2.19 bits per heavy atom. The van der Waals surface area contributed by atoms with E-state index in [0.29, 0.717) is 5.56 Å². The highest BCUT2D eigenvalue weighted by atomic mass is 16.2. The number of carbonyl (C=O) groups is 1. The summed E-state index contributed by atoms with van der Waals surface area (Å²) in [5.41, 5.74) is 2.45. The molecule has 2 aromatic rings. The number of carbonyl (C=O) groups excluding carboxylic acids is 1. The van der Waals surface area contributed by atoms with Gasteiger partial charge in [0, 0.05) is 32.7 Å². The molecule has 0 saturated carbocycles. The van der Waals surface area contributed by atoms with Crippen LogP contribution in [0.15, 0.2) is 54.6 Å². The minimum atomic E-state index is -0.503. The number of benzene rings is 2. The number of nitrogens with zero attached hydrogens (tertiary/aromatic N) is 3. The molecular weight excluding hydrogens is 322 g/mol. The summed E-state index contributed by atoms with van der Waals surface area (Å²) in [7, 11) is 0. The predicted molar refractivity (Wildman–Crippen MR) is 102 cm³/mol. The monoisotopic (exact) mass is 347 g/mol. The zero-order chi connectivity index (χ0) is 18.6. The fraction of sp³-hybridized carbons (Fsp3) is 0.364. The van der Waals surface area contributed by atoms with Crippen LogP contribution in [0.2, 0.25) is 0 Å². The van der Waals surface area contributed by atoms with Crippen LogP contribution < -0.4 is 0 Å². The number of rotatable bonds is 4. The van der Waals surface area contributed by atoms with E-state index in [1.54, 1.807) is 0 Å². The molecule has 0 spiro atoms. The molecule has 1 amide bonds. The Hall–Kier alpha value is -2.64. The van der Waals surface area contributed by atoms with Gasteiger partial charge in [0.05, 0.1) is 17.0 Å². The molecule has 1 aliphatic heterocycles. The van der Waals surface area contributed by atoms with Crippen LogP contribution in [-0.4, -0.2) is 41.9 Å².